The molecule has 0 fully saturated rings. The van der Waals surface area contributed by atoms with E-state index in [4.69, 9.17) is 29.9 Å². The number of thiophene rings is 2. The third-order valence-electron chi connectivity index (χ3n) is 26.5. The van der Waals surface area contributed by atoms with Crippen LogP contribution < -0.4 is 0 Å². The average Bonchev–Trinajstić information content (AvgIpc) is 1.54. The van der Waals surface area contributed by atoms with Crippen molar-refractivity contribution in [3.63, 3.8) is 0 Å². The van der Waals surface area contributed by atoms with Crippen LogP contribution in [0.2, 0.25) is 0 Å². The van der Waals surface area contributed by atoms with E-state index < -0.39 is 16.2 Å². The molecule has 0 saturated carbocycles. The molecule has 0 aliphatic heterocycles. The Bertz CT molecular complexity index is 8010. The summed E-state index contributed by atoms with van der Waals surface area (Å²) in [6, 6.07) is 160. The van der Waals surface area contributed by atoms with Crippen LogP contribution >= 0.6 is 22.7 Å². The van der Waals surface area contributed by atoms with Crippen LogP contribution in [0.3, 0.4) is 0 Å². The van der Waals surface area contributed by atoms with Crippen LogP contribution in [-0.4, -0.2) is 29.9 Å². The Kier molecular flexibility index (Phi) is 16.6. The number of nitrogens with zero attached hydrogens (tertiary/aromatic N) is 6. The highest BCUT2D eigenvalue weighted by Gasteiger charge is 2.51. The van der Waals surface area contributed by atoms with Crippen LogP contribution in [0.1, 0.15) is 66.8 Å². The molecule has 22 aromatic rings. The van der Waals surface area contributed by atoms with Crippen LogP contribution in [0.15, 0.2) is 437 Å². The lowest BCUT2D eigenvalue weighted by Gasteiger charge is -2.35. The van der Waals surface area contributed by atoms with E-state index >= 15 is 0 Å². The molecule has 0 N–H and O–H groups in total. The first-order chi connectivity index (χ1) is 62.0. The van der Waals surface area contributed by atoms with E-state index in [1.54, 1.807) is 22.7 Å². The molecule has 3 aliphatic rings. The van der Waals surface area contributed by atoms with Crippen LogP contribution in [-0.2, 0) is 16.2 Å². The number of fused-ring (bicyclic) bond motifs is 15. The lowest BCUT2D eigenvalue weighted by atomic mass is 9.66. The standard InChI is InChI=1S/C117H72N6S2/c1-7-35-74(36-8-1)82-47-19-20-52-90(82)109-118-111(93-58-31-54-87-83-48-21-26-61-98(83)116(105(87)93,77-39-11-3-12-40-77)78-41-13-4-14-42-78)123-114(119-109)97-72-75(71-96-86-51-25-30-66-103(86)125-108(96)97)73-67-69-81(70-68-73)115(76-37-9-2-10-38-76)100-63-28-23-53-91(100)104-92(57-34-64-101(104)115)110-120-112(122-113(121-110)95-60-33-56-89-85-50-24-29-65-102(85)124-107(89)95)94-59-32-55-88-84-49-22-27-62-99(84)117(106(88)94,79-43-15-5-16-44-79)80-45-17-6-18-46-80/h1-72H. The lowest BCUT2D eigenvalue weighted by molar-refractivity contribution is 0.768. The maximum atomic E-state index is 5.95. The van der Waals surface area contributed by atoms with E-state index in [1.165, 1.54) is 53.4 Å². The van der Waals surface area contributed by atoms with Gasteiger partial charge in [0.1, 0.15) is 0 Å². The van der Waals surface area contributed by atoms with Crippen molar-refractivity contribution in [2.24, 2.45) is 0 Å². The summed E-state index contributed by atoms with van der Waals surface area (Å²) in [7, 11) is 0. The molecule has 1 unspecified atom stereocenters. The molecule has 125 heavy (non-hydrogen) atoms. The fraction of sp³-hybridized carbons (Fsp3) is 0.0256. The maximum absolute atomic E-state index is 5.95. The predicted molar refractivity (Wildman–Crippen MR) is 514 cm³/mol. The quantitative estimate of drug-likeness (QED) is 0.108. The summed E-state index contributed by atoms with van der Waals surface area (Å²) >= 11 is 3.58. The second-order valence-electron chi connectivity index (χ2n) is 32.8. The van der Waals surface area contributed by atoms with Crippen molar-refractivity contribution in [3.8, 4) is 124 Å². The zero-order chi connectivity index (χ0) is 82.3. The van der Waals surface area contributed by atoms with Gasteiger partial charge in [-0.05, 0) is 153 Å². The highest BCUT2D eigenvalue weighted by Crippen LogP contribution is 2.63. The first-order valence-corrected chi connectivity index (χ1v) is 44.3. The molecule has 0 spiro atoms. The van der Waals surface area contributed by atoms with Crippen LogP contribution in [0.5, 0.6) is 0 Å². The third kappa shape index (κ3) is 10.8. The molecule has 4 heterocycles. The van der Waals surface area contributed by atoms with E-state index in [1.807, 2.05) is 0 Å². The van der Waals surface area contributed by atoms with Gasteiger partial charge in [-0.3, -0.25) is 0 Å². The summed E-state index contributed by atoms with van der Waals surface area (Å²) in [4.78, 5) is 35.1. The Labute approximate surface area is 731 Å². The molecule has 25 rings (SSSR count). The number of rotatable bonds is 14. The molecule has 6 nitrogen and oxygen atoms in total. The zero-order valence-electron chi connectivity index (χ0n) is 67.6. The van der Waals surface area contributed by atoms with Gasteiger partial charge in [0.25, 0.3) is 0 Å². The highest BCUT2D eigenvalue weighted by molar-refractivity contribution is 7.26. The van der Waals surface area contributed by atoms with Crippen LogP contribution in [0.25, 0.3) is 164 Å². The molecule has 8 heteroatoms. The van der Waals surface area contributed by atoms with Crippen molar-refractivity contribution in [2.75, 3.05) is 0 Å². The van der Waals surface area contributed by atoms with Gasteiger partial charge >= 0.3 is 0 Å². The topological polar surface area (TPSA) is 77.3 Å². The summed E-state index contributed by atoms with van der Waals surface area (Å²) in [5.41, 5.74) is 28.2. The molecule has 1 atom stereocenters. The smallest absolute Gasteiger partial charge is 0.165 e. The van der Waals surface area contributed by atoms with E-state index in [0.29, 0.717) is 34.9 Å². The third-order valence-corrected chi connectivity index (χ3v) is 28.9. The Balaban J connectivity index is 0.692. The van der Waals surface area contributed by atoms with Gasteiger partial charge in [-0.1, -0.05) is 406 Å². The van der Waals surface area contributed by atoms with E-state index in [0.717, 1.165) is 143 Å². The Hall–Kier alpha value is -15.6. The normalized spacial score (nSPS) is 14.2. The maximum Gasteiger partial charge on any atom is 0.165 e. The Morgan fingerprint density at radius 2 is 0.488 bits per heavy atom. The molecule has 0 radical (unpaired) electrons. The SMILES string of the molecule is c1ccc(-c2ccccc2-c2nc(-c3cccc4c3C(c3ccccc3)(c3ccccc3)c3ccccc3-4)nc(-c3cc(-c4ccc(C5(c6ccccc6)c6ccccc6-c6c(-c7nc(-c8cccc9c8C(c8ccccc8)(c8ccccc8)c8ccccc8-9)nc(-c8cccc9c8sc8ccccc89)n7)cccc65)cc4)cc4c3sc3ccccc34)n2)cc1. The Morgan fingerprint density at radius 1 is 0.168 bits per heavy atom. The zero-order valence-corrected chi connectivity index (χ0v) is 69.2. The van der Waals surface area contributed by atoms with Gasteiger partial charge in [0, 0.05) is 73.7 Å². The minimum Gasteiger partial charge on any atom is -0.208 e. The Morgan fingerprint density at radius 3 is 1.01 bits per heavy atom. The number of benzene rings is 18. The molecular formula is C117H72N6S2. The second-order valence-corrected chi connectivity index (χ2v) is 34.9. The summed E-state index contributed by atoms with van der Waals surface area (Å²) < 4.78 is 4.61. The summed E-state index contributed by atoms with van der Waals surface area (Å²) in [6.45, 7) is 0. The van der Waals surface area contributed by atoms with Crippen molar-refractivity contribution >= 4 is 63.0 Å². The minimum absolute atomic E-state index is 0.582. The lowest BCUT2D eigenvalue weighted by Crippen LogP contribution is -2.29. The molecule has 0 saturated heterocycles. The molecule has 0 bridgehead atoms. The van der Waals surface area contributed by atoms with Crippen molar-refractivity contribution in [1.82, 2.24) is 29.9 Å². The molecule has 4 aromatic heterocycles. The minimum atomic E-state index is -0.829. The number of hydrogen-bond acceptors (Lipinski definition) is 8. The van der Waals surface area contributed by atoms with E-state index in [9.17, 15) is 0 Å². The van der Waals surface area contributed by atoms with Crippen molar-refractivity contribution in [3.05, 3.63) is 504 Å². The highest BCUT2D eigenvalue weighted by atomic mass is 32.1. The summed E-state index contributed by atoms with van der Waals surface area (Å²) in [5.74, 6) is 3.54. The van der Waals surface area contributed by atoms with Crippen LogP contribution in [0.4, 0.5) is 0 Å². The van der Waals surface area contributed by atoms with E-state index in [-0.39, 0.29) is 0 Å². The summed E-state index contributed by atoms with van der Waals surface area (Å²) in [6.07, 6.45) is 0. The summed E-state index contributed by atoms with van der Waals surface area (Å²) in [5, 5.41) is 4.68. The first kappa shape index (κ1) is 72.3. The van der Waals surface area contributed by atoms with Gasteiger partial charge < -0.3 is 0 Å². The van der Waals surface area contributed by atoms with E-state index in [2.05, 4.69) is 437 Å². The van der Waals surface area contributed by atoms with Gasteiger partial charge in [-0.15, -0.1) is 22.7 Å². The molecular weight excluding hydrogens is 1550 g/mol. The van der Waals surface area contributed by atoms with Gasteiger partial charge in [-0.25, -0.2) is 29.9 Å². The van der Waals surface area contributed by atoms with Gasteiger partial charge in [0.2, 0.25) is 0 Å². The van der Waals surface area contributed by atoms with Gasteiger partial charge in [0.05, 0.1) is 16.2 Å². The first-order valence-electron chi connectivity index (χ1n) is 42.6. The molecule has 18 aromatic carbocycles. The van der Waals surface area contributed by atoms with Crippen molar-refractivity contribution < 1.29 is 0 Å². The van der Waals surface area contributed by atoms with Gasteiger partial charge in [0.15, 0.2) is 34.9 Å². The number of aromatic nitrogens is 6. The molecule has 3 aliphatic carbocycles. The fourth-order valence-corrected chi connectivity index (χ4v) is 23.8. The molecule has 582 valence electrons. The monoisotopic (exact) mass is 1620 g/mol. The fourth-order valence-electron chi connectivity index (χ4n) is 21.4. The second kappa shape index (κ2) is 28.8. The average molecular weight is 1630 g/mol. The predicted octanol–water partition coefficient (Wildman–Crippen LogP) is 29.2. The molecule has 0 amide bonds. The van der Waals surface area contributed by atoms with Gasteiger partial charge in [-0.2, -0.15) is 0 Å². The number of hydrogen-bond donors (Lipinski definition) is 0. The van der Waals surface area contributed by atoms with Crippen molar-refractivity contribution in [2.45, 2.75) is 16.2 Å². The van der Waals surface area contributed by atoms with Crippen molar-refractivity contribution in [1.29, 1.82) is 0 Å². The largest absolute Gasteiger partial charge is 0.208 e. The van der Waals surface area contributed by atoms with Crippen LogP contribution in [0, 0.1) is 0 Å².